The summed E-state index contributed by atoms with van der Waals surface area (Å²) < 4.78 is 10.6. The quantitative estimate of drug-likeness (QED) is 0.238. The van der Waals surface area contributed by atoms with Crippen LogP contribution in [0.4, 0.5) is 0 Å². The predicted molar refractivity (Wildman–Crippen MR) is 113 cm³/mol. The van der Waals surface area contributed by atoms with Gasteiger partial charge in [0, 0.05) is 0 Å². The molecule has 0 saturated carbocycles. The van der Waals surface area contributed by atoms with Gasteiger partial charge in [-0.3, -0.25) is 0 Å². The van der Waals surface area contributed by atoms with Gasteiger partial charge in [0.15, 0.2) is 0 Å². The van der Waals surface area contributed by atoms with Gasteiger partial charge in [-0.15, -0.1) is 0 Å². The van der Waals surface area contributed by atoms with E-state index in [-0.39, 0.29) is 13.2 Å². The maximum absolute atomic E-state index is 9.92. The van der Waals surface area contributed by atoms with Crippen LogP contribution < -0.4 is 0 Å². The first kappa shape index (κ1) is 25.6. The van der Waals surface area contributed by atoms with Crippen molar-refractivity contribution in [2.75, 3.05) is 19.8 Å². The molecule has 1 heterocycles. The van der Waals surface area contributed by atoms with Crippen LogP contribution in [0.5, 0.6) is 0 Å². The molecule has 4 atom stereocenters. The highest BCUT2D eigenvalue weighted by Gasteiger charge is 2.39. The summed E-state index contributed by atoms with van der Waals surface area (Å²) in [6.45, 7) is 2.98. The van der Waals surface area contributed by atoms with Crippen LogP contribution in [0, 0.1) is 0 Å². The van der Waals surface area contributed by atoms with Crippen molar-refractivity contribution in [3.05, 3.63) is 12.2 Å². The lowest BCUT2D eigenvalue weighted by molar-refractivity contribution is -0.0806. The molecule has 0 aromatic heterocycles. The first-order valence-electron chi connectivity index (χ1n) is 11.5. The first-order valence-corrected chi connectivity index (χ1v) is 11.5. The van der Waals surface area contributed by atoms with E-state index < -0.39 is 24.4 Å². The zero-order valence-electron chi connectivity index (χ0n) is 17.9. The van der Waals surface area contributed by atoms with Crippen LogP contribution in [0.3, 0.4) is 0 Å². The molecule has 1 aliphatic rings. The Morgan fingerprint density at radius 2 is 1.46 bits per heavy atom. The van der Waals surface area contributed by atoms with E-state index >= 15 is 0 Å². The van der Waals surface area contributed by atoms with Gasteiger partial charge in [-0.05, 0) is 19.3 Å². The van der Waals surface area contributed by atoms with Crippen molar-refractivity contribution in [3.63, 3.8) is 0 Å². The Hall–Kier alpha value is -0.460. The minimum atomic E-state index is -1.04. The molecule has 0 amide bonds. The SMILES string of the molecule is CCCCCCCCCCCCC/C=C/CCOC[C@@H](O)[C@H]1OC[C@H](O)[C@H]1O. The predicted octanol–water partition coefficient (Wildman–Crippen LogP) is 4.13. The van der Waals surface area contributed by atoms with E-state index in [0.717, 1.165) is 12.8 Å². The number of aliphatic hydroxyl groups is 3. The number of unbranched alkanes of at least 4 members (excludes halogenated alkanes) is 11. The maximum Gasteiger partial charge on any atom is 0.114 e. The molecule has 0 radical (unpaired) electrons. The second-order valence-corrected chi connectivity index (χ2v) is 8.08. The lowest BCUT2D eigenvalue weighted by Gasteiger charge is -2.20. The van der Waals surface area contributed by atoms with Crippen LogP contribution >= 0.6 is 0 Å². The minimum Gasteiger partial charge on any atom is -0.388 e. The summed E-state index contributed by atoms with van der Waals surface area (Å²) >= 11 is 0. The molecule has 1 saturated heterocycles. The van der Waals surface area contributed by atoms with E-state index in [1.165, 1.54) is 70.6 Å². The van der Waals surface area contributed by atoms with E-state index in [4.69, 9.17) is 9.47 Å². The van der Waals surface area contributed by atoms with Crippen molar-refractivity contribution >= 4 is 0 Å². The van der Waals surface area contributed by atoms with Gasteiger partial charge in [0.1, 0.15) is 24.4 Å². The highest BCUT2D eigenvalue weighted by molar-refractivity contribution is 4.88. The summed E-state index contributed by atoms with van der Waals surface area (Å²) in [6.07, 6.45) is 17.8. The van der Waals surface area contributed by atoms with E-state index in [2.05, 4.69) is 19.1 Å². The fraction of sp³-hybridized carbons (Fsp3) is 0.913. The molecular weight excluding hydrogens is 356 g/mol. The van der Waals surface area contributed by atoms with Gasteiger partial charge in [-0.1, -0.05) is 83.3 Å². The Balaban J connectivity index is 1.81. The van der Waals surface area contributed by atoms with Gasteiger partial charge >= 0.3 is 0 Å². The molecule has 5 nitrogen and oxygen atoms in total. The Bertz CT molecular complexity index is 374. The topological polar surface area (TPSA) is 79.2 Å². The standard InChI is InChI=1S/C23H44O5/c1-2-3-4-5-6-7-8-9-10-11-12-13-14-15-16-17-27-18-21(25)23-22(26)20(24)19-28-23/h14-15,20-26H,2-13,16-19H2,1H3/b15-14+/t20-,21+,22+,23+/m0/s1. The van der Waals surface area contributed by atoms with Crippen LogP contribution in [0.25, 0.3) is 0 Å². The maximum atomic E-state index is 9.92. The number of hydrogen-bond acceptors (Lipinski definition) is 5. The average Bonchev–Trinajstić information content (AvgIpc) is 3.03. The average molecular weight is 401 g/mol. The lowest BCUT2D eigenvalue weighted by atomic mass is 10.1. The molecule has 1 fully saturated rings. The van der Waals surface area contributed by atoms with E-state index in [1.54, 1.807) is 0 Å². The van der Waals surface area contributed by atoms with E-state index in [0.29, 0.717) is 6.61 Å². The molecule has 0 unspecified atom stereocenters. The molecule has 5 heteroatoms. The van der Waals surface area contributed by atoms with Crippen LogP contribution in [-0.4, -0.2) is 59.6 Å². The third-order valence-corrected chi connectivity index (χ3v) is 5.43. The molecular formula is C23H44O5. The van der Waals surface area contributed by atoms with Gasteiger partial charge < -0.3 is 24.8 Å². The zero-order chi connectivity index (χ0) is 20.5. The Kier molecular flexibility index (Phi) is 15.9. The first-order chi connectivity index (χ1) is 13.7. The lowest BCUT2D eigenvalue weighted by Crippen LogP contribution is -2.40. The Morgan fingerprint density at radius 1 is 0.893 bits per heavy atom. The Morgan fingerprint density at radius 3 is 2.04 bits per heavy atom. The van der Waals surface area contributed by atoms with Gasteiger partial charge in [0.2, 0.25) is 0 Å². The van der Waals surface area contributed by atoms with Crippen molar-refractivity contribution in [2.45, 2.75) is 115 Å². The van der Waals surface area contributed by atoms with Crippen molar-refractivity contribution in [1.82, 2.24) is 0 Å². The Labute approximate surface area is 172 Å². The van der Waals surface area contributed by atoms with Crippen LogP contribution in [0.1, 0.15) is 90.4 Å². The molecule has 1 rings (SSSR count). The summed E-state index contributed by atoms with van der Waals surface area (Å²) in [6, 6.07) is 0. The summed E-state index contributed by atoms with van der Waals surface area (Å²) in [4.78, 5) is 0. The highest BCUT2D eigenvalue weighted by Crippen LogP contribution is 2.18. The van der Waals surface area contributed by atoms with Crippen LogP contribution in [0.2, 0.25) is 0 Å². The number of hydrogen-bond donors (Lipinski definition) is 3. The number of allylic oxidation sites excluding steroid dienone is 1. The largest absolute Gasteiger partial charge is 0.388 e. The van der Waals surface area contributed by atoms with Gasteiger partial charge in [0.05, 0.1) is 19.8 Å². The summed E-state index contributed by atoms with van der Waals surface area (Å²) in [7, 11) is 0. The van der Waals surface area contributed by atoms with Gasteiger partial charge in [-0.2, -0.15) is 0 Å². The molecule has 166 valence electrons. The molecule has 0 spiro atoms. The normalized spacial score (nSPS) is 23.6. The van der Waals surface area contributed by atoms with Crippen LogP contribution in [-0.2, 0) is 9.47 Å². The second kappa shape index (κ2) is 17.4. The number of rotatable bonds is 18. The molecule has 28 heavy (non-hydrogen) atoms. The smallest absolute Gasteiger partial charge is 0.114 e. The second-order valence-electron chi connectivity index (χ2n) is 8.08. The van der Waals surface area contributed by atoms with Gasteiger partial charge in [-0.25, -0.2) is 0 Å². The summed E-state index contributed by atoms with van der Waals surface area (Å²) in [5.74, 6) is 0. The summed E-state index contributed by atoms with van der Waals surface area (Å²) in [5.41, 5.74) is 0. The molecule has 0 bridgehead atoms. The molecule has 0 aromatic carbocycles. The fourth-order valence-electron chi connectivity index (χ4n) is 3.58. The van der Waals surface area contributed by atoms with Crippen molar-refractivity contribution < 1.29 is 24.8 Å². The number of aliphatic hydroxyl groups excluding tert-OH is 3. The third-order valence-electron chi connectivity index (χ3n) is 5.43. The number of ether oxygens (including phenoxy) is 2. The molecule has 3 N–H and O–H groups in total. The van der Waals surface area contributed by atoms with Gasteiger partial charge in [0.25, 0.3) is 0 Å². The summed E-state index contributed by atoms with van der Waals surface area (Å²) in [5, 5.41) is 29.0. The van der Waals surface area contributed by atoms with Crippen molar-refractivity contribution in [1.29, 1.82) is 0 Å². The highest BCUT2D eigenvalue weighted by atomic mass is 16.5. The minimum absolute atomic E-state index is 0.0602. The van der Waals surface area contributed by atoms with Crippen molar-refractivity contribution in [3.8, 4) is 0 Å². The van der Waals surface area contributed by atoms with Crippen LogP contribution in [0.15, 0.2) is 12.2 Å². The monoisotopic (exact) mass is 400 g/mol. The van der Waals surface area contributed by atoms with E-state index in [9.17, 15) is 15.3 Å². The molecule has 0 aliphatic carbocycles. The molecule has 0 aromatic rings. The zero-order valence-corrected chi connectivity index (χ0v) is 17.9. The van der Waals surface area contributed by atoms with Crippen molar-refractivity contribution in [2.24, 2.45) is 0 Å². The third kappa shape index (κ3) is 12.2. The molecule has 1 aliphatic heterocycles. The fourth-order valence-corrected chi connectivity index (χ4v) is 3.58. The van der Waals surface area contributed by atoms with E-state index in [1.807, 2.05) is 0 Å².